The van der Waals surface area contributed by atoms with Crippen molar-refractivity contribution < 1.29 is 4.79 Å². The fourth-order valence-corrected chi connectivity index (χ4v) is 3.68. The molecule has 3 aromatic carbocycles. The van der Waals surface area contributed by atoms with E-state index in [1.165, 1.54) is 0 Å². The van der Waals surface area contributed by atoms with Crippen molar-refractivity contribution in [3.63, 3.8) is 0 Å². The summed E-state index contributed by atoms with van der Waals surface area (Å²) in [7, 11) is 0. The quantitative estimate of drug-likeness (QED) is 0.412. The summed E-state index contributed by atoms with van der Waals surface area (Å²) in [6.45, 7) is 1.93. The third-order valence-electron chi connectivity index (χ3n) is 5.14. The monoisotopic (exact) mass is 392 g/mol. The second-order valence-corrected chi connectivity index (χ2v) is 7.19. The van der Waals surface area contributed by atoms with Crippen LogP contribution in [-0.4, -0.2) is 15.9 Å². The standard InChI is InChI=1S/C25H20N4O/c1-16-26-15-22(27-16)17-11-13-19(14-12-17)28-24(18-7-3-2-4-8-18)23-20-9-5-6-10-21(20)29-25(23)30/h2-15,28H,1H3,(H,26,27)(H,29,30)/b24-23-. The van der Waals surface area contributed by atoms with Crippen molar-refractivity contribution in [2.45, 2.75) is 6.92 Å². The average molecular weight is 392 g/mol. The van der Waals surface area contributed by atoms with E-state index in [0.717, 1.165) is 45.3 Å². The Labute approximate surface area is 174 Å². The number of amides is 1. The van der Waals surface area contributed by atoms with Crippen LogP contribution >= 0.6 is 0 Å². The first-order valence-electron chi connectivity index (χ1n) is 9.79. The zero-order chi connectivity index (χ0) is 20.5. The summed E-state index contributed by atoms with van der Waals surface area (Å²) in [5.41, 5.74) is 6.94. The predicted molar refractivity (Wildman–Crippen MR) is 121 cm³/mol. The van der Waals surface area contributed by atoms with Gasteiger partial charge in [-0.2, -0.15) is 0 Å². The third kappa shape index (κ3) is 3.26. The van der Waals surface area contributed by atoms with Crippen molar-refractivity contribution in [2.75, 3.05) is 10.6 Å². The maximum Gasteiger partial charge on any atom is 0.258 e. The Morgan fingerprint density at radius 2 is 1.63 bits per heavy atom. The number of nitrogens with one attached hydrogen (secondary N) is 3. The molecule has 0 bridgehead atoms. The van der Waals surface area contributed by atoms with Gasteiger partial charge in [-0.15, -0.1) is 0 Å². The molecule has 30 heavy (non-hydrogen) atoms. The fourth-order valence-electron chi connectivity index (χ4n) is 3.68. The van der Waals surface area contributed by atoms with Gasteiger partial charge in [-0.05, 0) is 30.7 Å². The number of carbonyl (C=O) groups is 1. The van der Waals surface area contributed by atoms with Gasteiger partial charge in [-0.25, -0.2) is 4.98 Å². The molecule has 5 nitrogen and oxygen atoms in total. The molecule has 5 rings (SSSR count). The van der Waals surface area contributed by atoms with Gasteiger partial charge in [0, 0.05) is 28.7 Å². The number of hydrogen-bond acceptors (Lipinski definition) is 3. The molecule has 0 saturated carbocycles. The van der Waals surface area contributed by atoms with Crippen LogP contribution in [-0.2, 0) is 4.79 Å². The Morgan fingerprint density at radius 1 is 0.900 bits per heavy atom. The number of para-hydroxylation sites is 1. The van der Waals surface area contributed by atoms with Crippen LogP contribution in [0.5, 0.6) is 0 Å². The smallest absolute Gasteiger partial charge is 0.258 e. The van der Waals surface area contributed by atoms with Crippen LogP contribution in [0.15, 0.2) is 85.1 Å². The van der Waals surface area contributed by atoms with Crippen LogP contribution in [0.4, 0.5) is 11.4 Å². The molecule has 0 aliphatic carbocycles. The molecule has 0 saturated heterocycles. The molecule has 146 valence electrons. The van der Waals surface area contributed by atoms with Gasteiger partial charge in [-0.3, -0.25) is 4.79 Å². The summed E-state index contributed by atoms with van der Waals surface area (Å²) in [4.78, 5) is 20.4. The number of rotatable bonds is 4. The van der Waals surface area contributed by atoms with Gasteiger partial charge in [0.25, 0.3) is 5.91 Å². The lowest BCUT2D eigenvalue weighted by molar-refractivity contribution is -0.110. The number of H-pyrrole nitrogens is 1. The maximum absolute atomic E-state index is 12.9. The molecule has 0 atom stereocenters. The lowest BCUT2D eigenvalue weighted by Gasteiger charge is -2.15. The Balaban J connectivity index is 1.57. The van der Waals surface area contributed by atoms with E-state index in [0.29, 0.717) is 5.57 Å². The highest BCUT2D eigenvalue weighted by Crippen LogP contribution is 2.37. The molecule has 1 aliphatic heterocycles. The Kier molecular flexibility index (Phi) is 4.41. The molecular weight excluding hydrogens is 372 g/mol. The molecule has 2 heterocycles. The fraction of sp³-hybridized carbons (Fsp3) is 0.0400. The van der Waals surface area contributed by atoms with Gasteiger partial charge in [0.2, 0.25) is 0 Å². The number of anilines is 2. The summed E-state index contributed by atoms with van der Waals surface area (Å²) in [6, 6.07) is 25.7. The molecule has 0 unspecified atom stereocenters. The molecule has 4 aromatic rings. The van der Waals surface area contributed by atoms with Crippen LogP contribution < -0.4 is 10.6 Å². The number of hydrogen-bond donors (Lipinski definition) is 3. The SMILES string of the molecule is Cc1nc(-c2ccc(N/C(=C3\C(=O)Nc4ccccc43)c3ccccc3)cc2)c[nH]1. The minimum atomic E-state index is -0.105. The first kappa shape index (κ1) is 17.9. The molecule has 1 amide bonds. The first-order chi connectivity index (χ1) is 14.7. The number of imidazole rings is 1. The van der Waals surface area contributed by atoms with Crippen LogP contribution in [0.1, 0.15) is 17.0 Å². The van der Waals surface area contributed by atoms with Crippen molar-refractivity contribution >= 4 is 28.6 Å². The van der Waals surface area contributed by atoms with E-state index >= 15 is 0 Å². The topological polar surface area (TPSA) is 69.8 Å². The van der Waals surface area contributed by atoms with E-state index in [9.17, 15) is 4.79 Å². The first-order valence-corrected chi connectivity index (χ1v) is 9.79. The van der Waals surface area contributed by atoms with Gasteiger partial charge in [0.15, 0.2) is 0 Å². The molecule has 0 fully saturated rings. The Hall–Kier alpha value is -4.12. The van der Waals surface area contributed by atoms with E-state index in [2.05, 4.69) is 20.6 Å². The number of aromatic amines is 1. The van der Waals surface area contributed by atoms with Gasteiger partial charge in [-0.1, -0.05) is 60.7 Å². The van der Waals surface area contributed by atoms with Crippen LogP contribution in [0.3, 0.4) is 0 Å². The summed E-state index contributed by atoms with van der Waals surface area (Å²) in [6.07, 6.45) is 1.90. The summed E-state index contributed by atoms with van der Waals surface area (Å²) in [5.74, 6) is 0.778. The van der Waals surface area contributed by atoms with Crippen molar-refractivity contribution in [2.24, 2.45) is 0 Å². The number of fused-ring (bicyclic) bond motifs is 1. The predicted octanol–water partition coefficient (Wildman–Crippen LogP) is 5.32. The largest absolute Gasteiger partial charge is 0.354 e. The zero-order valence-electron chi connectivity index (χ0n) is 16.4. The summed E-state index contributed by atoms with van der Waals surface area (Å²) in [5, 5.41) is 6.45. The highest BCUT2D eigenvalue weighted by Gasteiger charge is 2.28. The summed E-state index contributed by atoms with van der Waals surface area (Å²) < 4.78 is 0. The molecule has 1 aromatic heterocycles. The number of carbonyl (C=O) groups excluding carboxylic acids is 1. The van der Waals surface area contributed by atoms with Gasteiger partial charge in [0.05, 0.1) is 17.0 Å². The highest BCUT2D eigenvalue weighted by molar-refractivity contribution is 6.37. The van der Waals surface area contributed by atoms with Crippen molar-refractivity contribution in [3.05, 3.63) is 102 Å². The van der Waals surface area contributed by atoms with Crippen molar-refractivity contribution in [3.8, 4) is 11.3 Å². The van der Waals surface area contributed by atoms with Crippen LogP contribution in [0, 0.1) is 6.92 Å². The molecule has 0 spiro atoms. The molecule has 0 radical (unpaired) electrons. The van der Waals surface area contributed by atoms with Gasteiger partial charge < -0.3 is 15.6 Å². The van der Waals surface area contributed by atoms with E-state index in [1.807, 2.05) is 92.0 Å². The van der Waals surface area contributed by atoms with Crippen molar-refractivity contribution in [1.82, 2.24) is 9.97 Å². The normalized spacial score (nSPS) is 14.2. The van der Waals surface area contributed by atoms with Gasteiger partial charge in [0.1, 0.15) is 5.82 Å². The van der Waals surface area contributed by atoms with Gasteiger partial charge >= 0.3 is 0 Å². The van der Waals surface area contributed by atoms with Crippen molar-refractivity contribution in [1.29, 1.82) is 0 Å². The molecule has 1 aliphatic rings. The zero-order valence-corrected chi connectivity index (χ0v) is 16.4. The Bertz CT molecular complexity index is 1250. The number of benzene rings is 3. The van der Waals surface area contributed by atoms with E-state index < -0.39 is 0 Å². The maximum atomic E-state index is 12.9. The minimum absolute atomic E-state index is 0.105. The minimum Gasteiger partial charge on any atom is -0.354 e. The lowest BCUT2D eigenvalue weighted by Crippen LogP contribution is -2.10. The Morgan fingerprint density at radius 3 is 2.37 bits per heavy atom. The van der Waals surface area contributed by atoms with E-state index in [4.69, 9.17) is 0 Å². The van der Waals surface area contributed by atoms with E-state index in [1.54, 1.807) is 0 Å². The third-order valence-corrected chi connectivity index (χ3v) is 5.14. The lowest BCUT2D eigenvalue weighted by atomic mass is 10.00. The van der Waals surface area contributed by atoms with Crippen LogP contribution in [0.25, 0.3) is 22.5 Å². The number of nitrogens with zero attached hydrogens (tertiary/aromatic N) is 1. The number of aromatic nitrogens is 2. The molecular formula is C25H20N4O. The number of aryl methyl sites for hydroxylation is 1. The molecule has 5 heteroatoms. The van der Waals surface area contributed by atoms with E-state index in [-0.39, 0.29) is 5.91 Å². The molecule has 3 N–H and O–H groups in total. The summed E-state index contributed by atoms with van der Waals surface area (Å²) >= 11 is 0. The second-order valence-electron chi connectivity index (χ2n) is 7.19. The average Bonchev–Trinajstić information content (AvgIpc) is 3.35. The van der Waals surface area contributed by atoms with Crippen LogP contribution in [0.2, 0.25) is 0 Å². The highest BCUT2D eigenvalue weighted by atomic mass is 16.2. The second kappa shape index (κ2) is 7.37.